The fraction of sp³-hybridized carbons (Fsp3) is 0.312. The van der Waals surface area contributed by atoms with Crippen molar-refractivity contribution in [1.29, 1.82) is 5.26 Å². The first-order chi connectivity index (χ1) is 10.3. The Morgan fingerprint density at radius 3 is 2.73 bits per heavy atom. The summed E-state index contributed by atoms with van der Waals surface area (Å²) in [4.78, 5) is 16.3. The van der Waals surface area contributed by atoms with Crippen molar-refractivity contribution in [3.8, 4) is 6.07 Å². The first-order valence-corrected chi connectivity index (χ1v) is 7.12. The molecule has 0 atom stereocenters. The molecule has 0 aromatic heterocycles. The Kier molecular flexibility index (Phi) is 4.53. The van der Waals surface area contributed by atoms with Crippen LogP contribution in [0.25, 0.3) is 0 Å². The number of hydrogen-bond acceptors (Lipinski definition) is 5. The molecule has 22 heavy (non-hydrogen) atoms. The van der Waals surface area contributed by atoms with E-state index in [0.717, 1.165) is 0 Å². The number of nitrogens with one attached hydrogen (secondary N) is 1. The van der Waals surface area contributed by atoms with Gasteiger partial charge in [0.2, 0.25) is 0 Å². The van der Waals surface area contributed by atoms with Gasteiger partial charge in [-0.2, -0.15) is 5.26 Å². The summed E-state index contributed by atoms with van der Waals surface area (Å²) in [6.07, 6.45) is 0. The minimum absolute atomic E-state index is 0.0583. The highest BCUT2D eigenvalue weighted by Gasteiger charge is 2.25. The molecule has 1 aliphatic heterocycles. The van der Waals surface area contributed by atoms with Crippen molar-refractivity contribution < 1.29 is 9.53 Å². The molecular weight excluding hydrogens is 302 g/mol. The number of para-hydroxylation sites is 2. The zero-order chi connectivity index (χ0) is 16.3. The summed E-state index contributed by atoms with van der Waals surface area (Å²) in [5.41, 5.74) is 1.12. The Morgan fingerprint density at radius 1 is 1.41 bits per heavy atom. The van der Waals surface area contributed by atoms with Crippen molar-refractivity contribution in [2.75, 3.05) is 11.9 Å². The molecule has 5 nitrogen and oxygen atoms in total. The van der Waals surface area contributed by atoms with Gasteiger partial charge in [-0.05, 0) is 17.5 Å². The van der Waals surface area contributed by atoms with Gasteiger partial charge in [-0.15, -0.1) is 0 Å². The second-order valence-electron chi connectivity index (χ2n) is 6.04. The van der Waals surface area contributed by atoms with Gasteiger partial charge in [-0.3, -0.25) is 0 Å². The molecule has 1 aromatic carbocycles. The Labute approximate surface area is 134 Å². The number of carbonyl (C=O) groups is 1. The summed E-state index contributed by atoms with van der Waals surface area (Å²) in [5, 5.41) is 12.3. The van der Waals surface area contributed by atoms with Crippen molar-refractivity contribution >= 4 is 34.1 Å². The van der Waals surface area contributed by atoms with E-state index in [2.05, 4.69) is 10.3 Å². The first-order valence-electron chi connectivity index (χ1n) is 6.74. The fourth-order valence-corrected chi connectivity index (χ4v) is 1.98. The predicted molar refractivity (Wildman–Crippen MR) is 86.1 cm³/mol. The Bertz CT molecular complexity index is 709. The van der Waals surface area contributed by atoms with Crippen molar-refractivity contribution in [3.05, 3.63) is 35.5 Å². The van der Waals surface area contributed by atoms with Crippen molar-refractivity contribution in [2.24, 2.45) is 10.4 Å². The highest BCUT2D eigenvalue weighted by Crippen LogP contribution is 2.32. The van der Waals surface area contributed by atoms with E-state index in [4.69, 9.17) is 16.3 Å². The number of anilines is 1. The third kappa shape index (κ3) is 3.66. The van der Waals surface area contributed by atoms with Crippen LogP contribution < -0.4 is 5.32 Å². The molecule has 0 bridgehead atoms. The number of rotatable bonds is 2. The average Bonchev–Trinajstić information content (AvgIpc) is 2.45. The third-order valence-corrected chi connectivity index (χ3v) is 3.06. The van der Waals surface area contributed by atoms with Crippen LogP contribution in [0, 0.1) is 16.7 Å². The van der Waals surface area contributed by atoms with Crippen LogP contribution in [0.15, 0.2) is 40.5 Å². The molecule has 1 aromatic rings. The summed E-state index contributed by atoms with van der Waals surface area (Å²) in [6, 6.07) is 9.07. The van der Waals surface area contributed by atoms with Gasteiger partial charge in [-0.1, -0.05) is 44.5 Å². The van der Waals surface area contributed by atoms with Gasteiger partial charge < -0.3 is 10.1 Å². The van der Waals surface area contributed by atoms with E-state index in [1.807, 2.05) is 39.0 Å². The number of fused-ring (bicyclic) bond motifs is 1. The lowest BCUT2D eigenvalue weighted by Gasteiger charge is -2.20. The Hall–Kier alpha value is -2.32. The number of nitriles is 1. The van der Waals surface area contributed by atoms with E-state index in [1.165, 1.54) is 0 Å². The van der Waals surface area contributed by atoms with Crippen molar-refractivity contribution in [3.63, 3.8) is 0 Å². The van der Waals surface area contributed by atoms with Crippen LogP contribution in [-0.2, 0) is 9.53 Å². The molecule has 0 spiro atoms. The lowest BCUT2D eigenvalue weighted by molar-refractivity contribution is -0.141. The molecule has 0 fully saturated rings. The molecule has 0 radical (unpaired) electrons. The molecular formula is C16H16ClN3O2. The average molecular weight is 318 g/mol. The molecule has 1 N–H and O–H groups in total. The van der Waals surface area contributed by atoms with E-state index in [1.54, 1.807) is 12.1 Å². The van der Waals surface area contributed by atoms with E-state index in [0.29, 0.717) is 11.4 Å². The molecule has 114 valence electrons. The van der Waals surface area contributed by atoms with Gasteiger partial charge in [0.25, 0.3) is 0 Å². The van der Waals surface area contributed by atoms with Gasteiger partial charge in [0, 0.05) is 0 Å². The van der Waals surface area contributed by atoms with E-state index < -0.39 is 5.97 Å². The summed E-state index contributed by atoms with van der Waals surface area (Å²) >= 11 is 6.09. The quantitative estimate of drug-likeness (QED) is 0.512. The molecule has 0 saturated heterocycles. The molecule has 1 aliphatic rings. The van der Waals surface area contributed by atoms with Crippen LogP contribution in [0.4, 0.5) is 11.4 Å². The molecule has 1 heterocycles. The first kappa shape index (κ1) is 16.1. The topological polar surface area (TPSA) is 74.5 Å². The van der Waals surface area contributed by atoms with Gasteiger partial charge >= 0.3 is 5.97 Å². The predicted octanol–water partition coefficient (Wildman–Crippen LogP) is 3.75. The highest BCUT2D eigenvalue weighted by atomic mass is 35.5. The number of benzene rings is 1. The normalized spacial score (nSPS) is 15.9. The van der Waals surface area contributed by atoms with Gasteiger partial charge in [0.15, 0.2) is 10.7 Å². The molecule has 0 unspecified atom stereocenters. The third-order valence-electron chi connectivity index (χ3n) is 2.79. The minimum Gasteiger partial charge on any atom is -0.461 e. The number of carbonyl (C=O) groups excluding carboxylic acids is 1. The largest absolute Gasteiger partial charge is 0.461 e. The molecule has 2 rings (SSSR count). The summed E-state index contributed by atoms with van der Waals surface area (Å²) < 4.78 is 5.18. The number of ether oxygens (including phenoxy) is 1. The van der Waals surface area contributed by atoms with Gasteiger partial charge in [0.05, 0.1) is 18.0 Å². The summed E-state index contributed by atoms with van der Waals surface area (Å²) in [5.74, 6) is -0.715. The summed E-state index contributed by atoms with van der Waals surface area (Å²) in [7, 11) is 0. The molecule has 0 saturated carbocycles. The second kappa shape index (κ2) is 6.20. The maximum atomic E-state index is 12.1. The number of allylic oxidation sites excluding steroid dienone is 1. The van der Waals surface area contributed by atoms with E-state index >= 15 is 0 Å². The zero-order valence-electron chi connectivity index (χ0n) is 12.6. The van der Waals surface area contributed by atoms with Crippen LogP contribution in [-0.4, -0.2) is 17.7 Å². The lowest BCUT2D eigenvalue weighted by Crippen LogP contribution is -2.22. The van der Waals surface area contributed by atoms with Gasteiger partial charge in [-0.25, -0.2) is 9.79 Å². The number of nitrogens with zero attached hydrogens (tertiary/aromatic N) is 2. The molecule has 0 aliphatic carbocycles. The van der Waals surface area contributed by atoms with Crippen molar-refractivity contribution in [2.45, 2.75) is 20.8 Å². The maximum Gasteiger partial charge on any atom is 0.351 e. The highest BCUT2D eigenvalue weighted by molar-refractivity contribution is 6.70. The van der Waals surface area contributed by atoms with Crippen LogP contribution in [0.2, 0.25) is 0 Å². The Morgan fingerprint density at radius 2 is 2.09 bits per heavy atom. The zero-order valence-corrected chi connectivity index (χ0v) is 13.4. The Balaban J connectivity index is 2.32. The minimum atomic E-state index is -0.715. The molecule has 6 heteroatoms. The number of aliphatic imine (C=N–C) groups is 1. The summed E-state index contributed by atoms with van der Waals surface area (Å²) in [6.45, 7) is 6.00. The number of esters is 1. The van der Waals surface area contributed by atoms with Crippen molar-refractivity contribution in [1.82, 2.24) is 0 Å². The van der Waals surface area contributed by atoms with E-state index in [-0.39, 0.29) is 28.5 Å². The maximum absolute atomic E-state index is 12.1. The van der Waals surface area contributed by atoms with E-state index in [9.17, 15) is 10.1 Å². The number of halogens is 1. The lowest BCUT2D eigenvalue weighted by atomic mass is 9.99. The smallest absolute Gasteiger partial charge is 0.351 e. The standard InChI is InChI=1S/C16H16ClN3O2/c1-16(2,3)9-22-15(21)10(8-18)13-14(17)20-12-7-5-4-6-11(12)19-13/h4-7,19H,9H2,1-3H3/b13-10-. The van der Waals surface area contributed by atoms with Crippen LogP contribution in [0.3, 0.4) is 0 Å². The second-order valence-corrected chi connectivity index (χ2v) is 6.40. The number of hydrogen-bond donors (Lipinski definition) is 1. The molecule has 0 amide bonds. The van der Waals surface area contributed by atoms with Crippen LogP contribution >= 0.6 is 11.6 Å². The van der Waals surface area contributed by atoms with Crippen LogP contribution in [0.5, 0.6) is 0 Å². The van der Waals surface area contributed by atoms with Gasteiger partial charge in [0.1, 0.15) is 11.8 Å². The monoisotopic (exact) mass is 317 g/mol. The van der Waals surface area contributed by atoms with Crippen LogP contribution in [0.1, 0.15) is 20.8 Å². The fourth-order valence-electron chi connectivity index (χ4n) is 1.75. The SMILES string of the molecule is CC(C)(C)COC(=O)/C(C#N)=C1\Nc2ccccc2N=C1Cl.